The number of hydrogen-bond acceptors (Lipinski definition) is 3. The molecule has 0 fully saturated rings. The lowest BCUT2D eigenvalue weighted by Crippen LogP contribution is -1.96. The minimum Gasteiger partial charge on any atom is -0.478 e. The minimum absolute atomic E-state index is 0.0586. The van der Waals surface area contributed by atoms with Crippen LogP contribution in [0.4, 0.5) is 0 Å². The van der Waals surface area contributed by atoms with Crippen LogP contribution in [-0.2, 0) is 4.79 Å². The summed E-state index contributed by atoms with van der Waals surface area (Å²) < 4.78 is 5.17. The van der Waals surface area contributed by atoms with Gasteiger partial charge in [-0.3, -0.25) is 0 Å². The molecule has 0 aliphatic rings. The van der Waals surface area contributed by atoms with E-state index in [1.807, 2.05) is 19.1 Å². The Morgan fingerprint density at radius 1 is 1.62 bits per heavy atom. The molecule has 0 heterocycles. The first-order valence-electron chi connectivity index (χ1n) is 4.65. The Balaban J connectivity index is 2.99. The second-order valence-corrected chi connectivity index (χ2v) is 3.16. The van der Waals surface area contributed by atoms with E-state index in [2.05, 4.69) is 0 Å². The fourth-order valence-corrected chi connectivity index (χ4v) is 1.20. The van der Waals surface area contributed by atoms with Crippen LogP contribution in [0.25, 0.3) is 6.08 Å². The second-order valence-electron chi connectivity index (χ2n) is 3.16. The van der Waals surface area contributed by atoms with Gasteiger partial charge in [-0.15, -0.1) is 0 Å². The summed E-state index contributed by atoms with van der Waals surface area (Å²) in [6, 6.07) is 7.21. The molecule has 1 N–H and O–H groups in total. The Hall–Kier alpha value is -2.28. The monoisotopic (exact) mass is 217 g/mol. The molecule has 4 heteroatoms. The molecule has 0 atom stereocenters. The summed E-state index contributed by atoms with van der Waals surface area (Å²) >= 11 is 0. The SMILES string of the molecule is Cc1ccc(OCC#N)c(C=CC(=O)O)c1. The molecule has 1 rings (SSSR count). The van der Waals surface area contributed by atoms with E-state index in [1.54, 1.807) is 12.1 Å². The number of carbonyl (C=O) groups is 1. The van der Waals surface area contributed by atoms with Gasteiger partial charge in [0.1, 0.15) is 11.8 Å². The molecule has 1 aromatic rings. The first kappa shape index (κ1) is 11.8. The number of carboxylic acid groups (broad SMARTS) is 1. The molecule has 0 aliphatic heterocycles. The average Bonchev–Trinajstić information content (AvgIpc) is 2.25. The zero-order valence-electron chi connectivity index (χ0n) is 8.80. The first-order valence-corrected chi connectivity index (χ1v) is 4.65. The van der Waals surface area contributed by atoms with Crippen LogP contribution in [-0.4, -0.2) is 17.7 Å². The van der Waals surface area contributed by atoms with Crippen LogP contribution in [0.2, 0.25) is 0 Å². The maximum atomic E-state index is 10.4. The second kappa shape index (κ2) is 5.56. The Labute approximate surface area is 93.4 Å². The van der Waals surface area contributed by atoms with Crippen molar-refractivity contribution < 1.29 is 14.6 Å². The van der Waals surface area contributed by atoms with Crippen molar-refractivity contribution in [2.75, 3.05) is 6.61 Å². The molecule has 82 valence electrons. The number of ether oxygens (including phenoxy) is 1. The van der Waals surface area contributed by atoms with Crippen LogP contribution in [0.1, 0.15) is 11.1 Å². The number of aliphatic carboxylic acids is 1. The molecule has 0 spiro atoms. The predicted octanol–water partition coefficient (Wildman–Crippen LogP) is 2.00. The number of benzene rings is 1. The lowest BCUT2D eigenvalue weighted by atomic mass is 10.1. The third kappa shape index (κ3) is 3.46. The Morgan fingerprint density at radius 2 is 2.38 bits per heavy atom. The molecule has 0 saturated carbocycles. The number of hydrogen-bond donors (Lipinski definition) is 1. The number of nitriles is 1. The molecule has 4 nitrogen and oxygen atoms in total. The van der Waals surface area contributed by atoms with Crippen molar-refractivity contribution >= 4 is 12.0 Å². The topological polar surface area (TPSA) is 70.3 Å². The molecule has 0 aliphatic carbocycles. The van der Waals surface area contributed by atoms with Crippen molar-refractivity contribution in [1.29, 1.82) is 5.26 Å². The molecule has 0 unspecified atom stereocenters. The molecule has 16 heavy (non-hydrogen) atoms. The fraction of sp³-hybridized carbons (Fsp3) is 0.167. The van der Waals surface area contributed by atoms with Gasteiger partial charge in [0.15, 0.2) is 6.61 Å². The Kier molecular flexibility index (Phi) is 4.10. The van der Waals surface area contributed by atoms with Gasteiger partial charge in [0.25, 0.3) is 0 Å². The molecule has 0 radical (unpaired) electrons. The van der Waals surface area contributed by atoms with E-state index >= 15 is 0 Å². The van der Waals surface area contributed by atoms with Gasteiger partial charge in [0.05, 0.1) is 0 Å². The zero-order chi connectivity index (χ0) is 12.0. The van der Waals surface area contributed by atoms with Gasteiger partial charge in [0.2, 0.25) is 0 Å². The van der Waals surface area contributed by atoms with Crippen LogP contribution >= 0.6 is 0 Å². The van der Waals surface area contributed by atoms with Crippen molar-refractivity contribution in [3.63, 3.8) is 0 Å². The van der Waals surface area contributed by atoms with Crippen molar-refractivity contribution in [3.05, 3.63) is 35.4 Å². The molecular formula is C12H11NO3. The molecular weight excluding hydrogens is 206 g/mol. The van der Waals surface area contributed by atoms with Gasteiger partial charge in [-0.2, -0.15) is 5.26 Å². The van der Waals surface area contributed by atoms with Gasteiger partial charge >= 0.3 is 5.97 Å². The van der Waals surface area contributed by atoms with Gasteiger partial charge in [-0.25, -0.2) is 4.79 Å². The summed E-state index contributed by atoms with van der Waals surface area (Å²) in [5.74, 6) is -0.516. The maximum absolute atomic E-state index is 10.4. The Morgan fingerprint density at radius 3 is 3.00 bits per heavy atom. The maximum Gasteiger partial charge on any atom is 0.328 e. The summed E-state index contributed by atoms with van der Waals surface area (Å²) in [4.78, 5) is 10.4. The van der Waals surface area contributed by atoms with Gasteiger partial charge in [-0.05, 0) is 25.1 Å². The largest absolute Gasteiger partial charge is 0.478 e. The highest BCUT2D eigenvalue weighted by molar-refractivity contribution is 5.85. The summed E-state index contributed by atoms with van der Waals surface area (Å²) in [7, 11) is 0. The summed E-state index contributed by atoms with van der Waals surface area (Å²) in [6.45, 7) is 1.84. The minimum atomic E-state index is -1.02. The lowest BCUT2D eigenvalue weighted by molar-refractivity contribution is -0.131. The van der Waals surface area contributed by atoms with E-state index in [0.717, 1.165) is 11.6 Å². The van der Waals surface area contributed by atoms with Gasteiger partial charge in [0, 0.05) is 11.6 Å². The van der Waals surface area contributed by atoms with Crippen LogP contribution < -0.4 is 4.74 Å². The normalized spacial score (nSPS) is 10.0. The van der Waals surface area contributed by atoms with Crippen molar-refractivity contribution in [2.45, 2.75) is 6.92 Å². The average molecular weight is 217 g/mol. The summed E-state index contributed by atoms with van der Waals surface area (Å²) in [6.07, 6.45) is 2.48. The van der Waals surface area contributed by atoms with Crippen molar-refractivity contribution in [1.82, 2.24) is 0 Å². The van der Waals surface area contributed by atoms with E-state index in [-0.39, 0.29) is 6.61 Å². The quantitative estimate of drug-likeness (QED) is 0.783. The van der Waals surface area contributed by atoms with E-state index in [4.69, 9.17) is 15.1 Å². The van der Waals surface area contributed by atoms with Crippen molar-refractivity contribution in [2.24, 2.45) is 0 Å². The number of nitrogens with zero attached hydrogens (tertiary/aromatic N) is 1. The van der Waals surface area contributed by atoms with Crippen LogP contribution in [0.5, 0.6) is 5.75 Å². The van der Waals surface area contributed by atoms with Crippen molar-refractivity contribution in [3.8, 4) is 11.8 Å². The predicted molar refractivity (Wildman–Crippen MR) is 59.0 cm³/mol. The van der Waals surface area contributed by atoms with E-state index < -0.39 is 5.97 Å². The highest BCUT2D eigenvalue weighted by Gasteiger charge is 2.01. The van der Waals surface area contributed by atoms with Crippen LogP contribution in [0.3, 0.4) is 0 Å². The number of aryl methyl sites for hydroxylation is 1. The molecule has 0 aromatic heterocycles. The van der Waals surface area contributed by atoms with Crippen LogP contribution in [0.15, 0.2) is 24.3 Å². The van der Waals surface area contributed by atoms with Gasteiger partial charge < -0.3 is 9.84 Å². The van der Waals surface area contributed by atoms with E-state index in [0.29, 0.717) is 11.3 Å². The third-order valence-electron chi connectivity index (χ3n) is 1.86. The van der Waals surface area contributed by atoms with E-state index in [1.165, 1.54) is 6.08 Å². The fourth-order valence-electron chi connectivity index (χ4n) is 1.20. The smallest absolute Gasteiger partial charge is 0.328 e. The highest BCUT2D eigenvalue weighted by atomic mass is 16.5. The zero-order valence-corrected chi connectivity index (χ0v) is 8.80. The summed E-state index contributed by atoms with van der Waals surface area (Å²) in [5.41, 5.74) is 1.65. The molecule has 0 saturated heterocycles. The molecule has 0 bridgehead atoms. The first-order chi connectivity index (χ1) is 7.63. The van der Waals surface area contributed by atoms with E-state index in [9.17, 15) is 4.79 Å². The standard InChI is InChI=1S/C12H11NO3/c1-9-2-4-11(16-7-6-13)10(8-9)3-5-12(14)15/h2-5,8H,7H2,1H3,(H,14,15). The highest BCUT2D eigenvalue weighted by Crippen LogP contribution is 2.21. The lowest BCUT2D eigenvalue weighted by Gasteiger charge is -2.06. The number of rotatable bonds is 4. The summed E-state index contributed by atoms with van der Waals surface area (Å²) in [5, 5.41) is 16.9. The molecule has 1 aromatic carbocycles. The van der Waals surface area contributed by atoms with Gasteiger partial charge in [-0.1, -0.05) is 11.6 Å². The van der Waals surface area contributed by atoms with Crippen LogP contribution in [0, 0.1) is 18.3 Å². The number of carboxylic acids is 1. The molecule has 0 amide bonds. The Bertz CT molecular complexity index is 458. The third-order valence-corrected chi connectivity index (χ3v) is 1.86.